The Labute approximate surface area is 190 Å². The first-order valence-corrected chi connectivity index (χ1v) is 11.4. The molecular formula is C24H27FINO3. The molecule has 4 atom stereocenters. The van der Waals surface area contributed by atoms with Gasteiger partial charge in [-0.3, -0.25) is 4.79 Å². The summed E-state index contributed by atoms with van der Waals surface area (Å²) < 4.78 is 22.8. The van der Waals surface area contributed by atoms with Crippen LogP contribution >= 0.6 is 22.6 Å². The number of para-hydroxylation sites is 1. The van der Waals surface area contributed by atoms with Gasteiger partial charge < -0.3 is 14.7 Å². The molecule has 30 heavy (non-hydrogen) atoms. The van der Waals surface area contributed by atoms with Gasteiger partial charge in [0, 0.05) is 27.6 Å². The van der Waals surface area contributed by atoms with Crippen molar-refractivity contribution in [1.82, 2.24) is 0 Å². The molecule has 0 aromatic heterocycles. The Balaban J connectivity index is 1.78. The van der Waals surface area contributed by atoms with E-state index in [0.29, 0.717) is 13.0 Å². The number of hydrogen-bond acceptors (Lipinski definition) is 3. The molecular weight excluding hydrogens is 496 g/mol. The maximum Gasteiger partial charge on any atom is 0.264 e. The summed E-state index contributed by atoms with van der Waals surface area (Å²) in [6.07, 6.45) is -0.225. The molecule has 4 rings (SSSR count). The summed E-state index contributed by atoms with van der Waals surface area (Å²) in [5.41, 5.74) is -0.138. The third-order valence-electron chi connectivity index (χ3n) is 6.54. The standard InChI is InChI=1S/C24H27FINO3/c1-15-21(23(2,3)25)20(12-13-28)30-24(15)18-6-4-5-7-19(18)27(22(24)29)14-16-8-10-17(26)11-9-16/h4-11,15,20-21,28H,12-14H2,1-3H3/t15-,20+,21-,24+/m1/s1. The van der Waals surface area contributed by atoms with Crippen LogP contribution in [0.3, 0.4) is 0 Å². The zero-order chi connectivity index (χ0) is 21.7. The predicted molar refractivity (Wildman–Crippen MR) is 123 cm³/mol. The highest BCUT2D eigenvalue weighted by Gasteiger charge is 2.65. The summed E-state index contributed by atoms with van der Waals surface area (Å²) in [4.78, 5) is 15.7. The molecule has 6 heteroatoms. The predicted octanol–water partition coefficient (Wildman–Crippen LogP) is 4.81. The molecule has 2 aliphatic rings. The Morgan fingerprint density at radius 2 is 1.87 bits per heavy atom. The Hall–Kier alpha value is -1.51. The number of aliphatic hydroxyl groups is 1. The molecule has 1 saturated heterocycles. The fourth-order valence-electron chi connectivity index (χ4n) is 5.33. The smallest absolute Gasteiger partial charge is 0.264 e. The molecule has 160 valence electrons. The first-order chi connectivity index (χ1) is 14.2. The summed E-state index contributed by atoms with van der Waals surface area (Å²) in [5, 5.41) is 9.56. The summed E-state index contributed by atoms with van der Waals surface area (Å²) >= 11 is 2.26. The van der Waals surface area contributed by atoms with E-state index < -0.39 is 23.3 Å². The highest BCUT2D eigenvalue weighted by atomic mass is 127. The fraction of sp³-hybridized carbons (Fsp3) is 0.458. The lowest BCUT2D eigenvalue weighted by Gasteiger charge is -2.32. The number of aliphatic hydroxyl groups excluding tert-OH is 1. The maximum absolute atomic E-state index is 15.3. The minimum atomic E-state index is -1.54. The number of fused-ring (bicyclic) bond motifs is 2. The number of rotatable bonds is 5. The van der Waals surface area contributed by atoms with E-state index in [1.54, 1.807) is 4.90 Å². The Bertz CT molecular complexity index is 942. The second kappa shape index (κ2) is 7.88. The minimum Gasteiger partial charge on any atom is -0.396 e. The van der Waals surface area contributed by atoms with Crippen LogP contribution in [-0.2, 0) is 21.7 Å². The normalized spacial score (nSPS) is 28.4. The van der Waals surface area contributed by atoms with Crippen LogP contribution < -0.4 is 4.90 Å². The second-order valence-electron chi connectivity index (χ2n) is 8.82. The average Bonchev–Trinajstić information content (AvgIpc) is 3.12. The zero-order valence-corrected chi connectivity index (χ0v) is 19.6. The van der Waals surface area contributed by atoms with Crippen LogP contribution in [0.4, 0.5) is 10.1 Å². The first-order valence-electron chi connectivity index (χ1n) is 10.3. The largest absolute Gasteiger partial charge is 0.396 e. The van der Waals surface area contributed by atoms with Gasteiger partial charge in [-0.15, -0.1) is 0 Å². The van der Waals surface area contributed by atoms with Crippen molar-refractivity contribution in [2.45, 2.75) is 51.1 Å². The van der Waals surface area contributed by atoms with Gasteiger partial charge in [0.15, 0.2) is 5.60 Å². The topological polar surface area (TPSA) is 49.8 Å². The molecule has 4 nitrogen and oxygen atoms in total. The Morgan fingerprint density at radius 1 is 1.20 bits per heavy atom. The molecule has 0 aliphatic carbocycles. The number of carbonyl (C=O) groups excluding carboxylic acids is 1. The molecule has 0 saturated carbocycles. The van der Waals surface area contributed by atoms with Gasteiger partial charge in [0.1, 0.15) is 5.67 Å². The van der Waals surface area contributed by atoms with Gasteiger partial charge in [0.05, 0.1) is 18.3 Å². The molecule has 2 aromatic rings. The van der Waals surface area contributed by atoms with Crippen LogP contribution in [0.25, 0.3) is 0 Å². The monoisotopic (exact) mass is 523 g/mol. The van der Waals surface area contributed by atoms with E-state index >= 15 is 4.39 Å². The van der Waals surface area contributed by atoms with Crippen LogP contribution in [0, 0.1) is 15.4 Å². The summed E-state index contributed by atoms with van der Waals surface area (Å²) in [6.45, 7) is 5.30. The average molecular weight is 523 g/mol. The number of nitrogens with zero attached hydrogens (tertiary/aromatic N) is 1. The molecule has 1 amide bonds. The minimum absolute atomic E-state index is 0.109. The van der Waals surface area contributed by atoms with E-state index in [2.05, 4.69) is 22.6 Å². The van der Waals surface area contributed by atoms with Gasteiger partial charge in [-0.1, -0.05) is 37.3 Å². The van der Waals surface area contributed by atoms with Gasteiger partial charge in [-0.25, -0.2) is 4.39 Å². The fourth-order valence-corrected chi connectivity index (χ4v) is 5.69. The number of anilines is 1. The van der Waals surface area contributed by atoms with Crippen molar-refractivity contribution in [3.8, 4) is 0 Å². The van der Waals surface area contributed by atoms with Crippen LogP contribution in [0.2, 0.25) is 0 Å². The van der Waals surface area contributed by atoms with Crippen molar-refractivity contribution in [2.24, 2.45) is 11.8 Å². The highest BCUT2D eigenvalue weighted by Crippen LogP contribution is 2.58. The number of amides is 1. The Morgan fingerprint density at radius 3 is 2.50 bits per heavy atom. The van der Waals surface area contributed by atoms with E-state index in [1.165, 1.54) is 13.8 Å². The Kier molecular flexibility index (Phi) is 5.70. The number of alkyl halides is 1. The lowest BCUT2D eigenvalue weighted by Crippen LogP contribution is -2.45. The van der Waals surface area contributed by atoms with Crippen molar-refractivity contribution >= 4 is 34.2 Å². The number of carbonyl (C=O) groups is 1. The molecule has 1 spiro atoms. The molecule has 2 aliphatic heterocycles. The summed E-state index contributed by atoms with van der Waals surface area (Å²) in [5.74, 6) is -1.02. The van der Waals surface area contributed by atoms with Gasteiger partial charge in [0.25, 0.3) is 5.91 Å². The van der Waals surface area contributed by atoms with E-state index in [-0.39, 0.29) is 18.4 Å². The maximum atomic E-state index is 15.3. The van der Waals surface area contributed by atoms with Crippen molar-refractivity contribution in [3.05, 3.63) is 63.2 Å². The van der Waals surface area contributed by atoms with Crippen LogP contribution in [-0.4, -0.2) is 29.4 Å². The highest BCUT2D eigenvalue weighted by molar-refractivity contribution is 14.1. The molecule has 1 fully saturated rings. The van der Waals surface area contributed by atoms with Gasteiger partial charge in [0.2, 0.25) is 0 Å². The van der Waals surface area contributed by atoms with Crippen molar-refractivity contribution in [1.29, 1.82) is 0 Å². The van der Waals surface area contributed by atoms with Crippen molar-refractivity contribution in [3.63, 3.8) is 0 Å². The lowest BCUT2D eigenvalue weighted by molar-refractivity contribution is -0.146. The third-order valence-corrected chi connectivity index (χ3v) is 7.25. The van der Waals surface area contributed by atoms with Crippen LogP contribution in [0.5, 0.6) is 0 Å². The SMILES string of the molecule is C[C@@H]1[C@@H](C(C)(C)F)[C@H](CCO)O[C@@]12C(=O)N(Cc1ccc(I)cc1)c1ccccc12. The number of ether oxygens (including phenoxy) is 1. The van der Waals surface area contributed by atoms with Gasteiger partial charge in [-0.2, -0.15) is 0 Å². The molecule has 2 aromatic carbocycles. The van der Waals surface area contributed by atoms with Gasteiger partial charge in [-0.05, 0) is 66.6 Å². The molecule has 0 bridgehead atoms. The quantitative estimate of drug-likeness (QED) is 0.573. The first kappa shape index (κ1) is 21.7. The van der Waals surface area contributed by atoms with Crippen LogP contribution in [0.1, 0.15) is 38.3 Å². The summed E-state index contributed by atoms with van der Waals surface area (Å²) in [7, 11) is 0. The van der Waals surface area contributed by atoms with E-state index in [1.807, 2.05) is 55.5 Å². The second-order valence-corrected chi connectivity index (χ2v) is 10.1. The van der Waals surface area contributed by atoms with Crippen molar-refractivity contribution in [2.75, 3.05) is 11.5 Å². The number of benzene rings is 2. The molecule has 0 radical (unpaired) electrons. The number of halogens is 2. The van der Waals surface area contributed by atoms with E-state index in [4.69, 9.17) is 4.74 Å². The van der Waals surface area contributed by atoms with Crippen LogP contribution in [0.15, 0.2) is 48.5 Å². The number of hydrogen-bond donors (Lipinski definition) is 1. The van der Waals surface area contributed by atoms with Crippen molar-refractivity contribution < 1.29 is 19.0 Å². The summed E-state index contributed by atoms with van der Waals surface area (Å²) in [6, 6.07) is 15.7. The third kappa shape index (κ3) is 3.37. The molecule has 2 heterocycles. The van der Waals surface area contributed by atoms with Gasteiger partial charge >= 0.3 is 0 Å². The van der Waals surface area contributed by atoms with E-state index in [9.17, 15) is 9.90 Å². The van der Waals surface area contributed by atoms with E-state index in [0.717, 1.165) is 20.4 Å². The lowest BCUT2D eigenvalue weighted by atomic mass is 9.71. The molecule has 1 N–H and O–H groups in total. The molecule has 0 unspecified atom stereocenters. The zero-order valence-electron chi connectivity index (χ0n) is 17.4.